The van der Waals surface area contributed by atoms with Crippen molar-refractivity contribution in [2.75, 3.05) is 13.2 Å². The first-order chi connectivity index (χ1) is 6.79. The summed E-state index contributed by atoms with van der Waals surface area (Å²) in [5.74, 6) is -0.141. The largest absolute Gasteiger partial charge is 0.465 e. The quantitative estimate of drug-likeness (QED) is 0.643. The average molecular weight is 217 g/mol. The molecule has 0 aromatic rings. The maximum Gasteiger partial charge on any atom is 0.408 e. The number of rotatable bonds is 3. The molecule has 2 atom stereocenters. The van der Waals surface area contributed by atoms with E-state index in [1.54, 1.807) is 20.8 Å². The molecule has 0 aromatic carbocycles. The van der Waals surface area contributed by atoms with E-state index in [9.17, 15) is 9.90 Å². The molecule has 1 aliphatic rings. The summed E-state index contributed by atoms with van der Waals surface area (Å²) in [6.45, 7) is 5.03. The van der Waals surface area contributed by atoms with E-state index in [0.717, 1.165) is 0 Å². The zero-order valence-electron chi connectivity index (χ0n) is 9.40. The molecule has 0 heterocycles. The molecule has 0 bridgehead atoms. The monoisotopic (exact) mass is 217 g/mol. The Labute approximate surface area is 89.3 Å². The molecule has 1 amide bonds. The first kappa shape index (κ1) is 12.3. The summed E-state index contributed by atoms with van der Waals surface area (Å²) in [5.41, 5.74) is -1.35. The van der Waals surface area contributed by atoms with Crippen molar-refractivity contribution in [1.82, 2.24) is 4.90 Å². The summed E-state index contributed by atoms with van der Waals surface area (Å²) in [5, 5.41) is 27.5. The summed E-state index contributed by atoms with van der Waals surface area (Å²) in [7, 11) is 0. The summed E-state index contributed by atoms with van der Waals surface area (Å²) < 4.78 is 0. The minimum Gasteiger partial charge on any atom is -0.465 e. The fraction of sp³-hybridized carbons (Fsp3) is 0.900. The number of amides is 1. The highest BCUT2D eigenvalue weighted by Gasteiger charge is 2.61. The lowest BCUT2D eigenvalue weighted by Crippen LogP contribution is -2.55. The van der Waals surface area contributed by atoms with Gasteiger partial charge in [-0.05, 0) is 27.2 Å². The third kappa shape index (κ3) is 1.94. The lowest BCUT2D eigenvalue weighted by atomic mass is 10.0. The Morgan fingerprint density at radius 1 is 1.47 bits per heavy atom. The lowest BCUT2D eigenvalue weighted by molar-refractivity contribution is 0.0228. The molecule has 0 unspecified atom stereocenters. The molecule has 1 rings (SSSR count). The molecule has 0 radical (unpaired) electrons. The van der Waals surface area contributed by atoms with Crippen LogP contribution in [0.3, 0.4) is 0 Å². The Bertz CT molecular complexity index is 261. The molecule has 1 saturated carbocycles. The topological polar surface area (TPSA) is 81.0 Å². The highest BCUT2D eigenvalue weighted by atomic mass is 16.4. The van der Waals surface area contributed by atoms with Gasteiger partial charge in [-0.2, -0.15) is 0 Å². The SMILES string of the molecule is CC(C)(C)N(C(=O)O)[C@]1(CO)C[C@@H]1CO. The van der Waals surface area contributed by atoms with Crippen molar-refractivity contribution in [3.63, 3.8) is 0 Å². The van der Waals surface area contributed by atoms with Crippen LogP contribution in [0, 0.1) is 5.92 Å². The molecule has 3 N–H and O–H groups in total. The summed E-state index contributed by atoms with van der Waals surface area (Å²) in [6.07, 6.45) is -0.517. The van der Waals surface area contributed by atoms with Gasteiger partial charge < -0.3 is 15.3 Å². The van der Waals surface area contributed by atoms with Crippen LogP contribution in [0.15, 0.2) is 0 Å². The van der Waals surface area contributed by atoms with E-state index in [-0.39, 0.29) is 19.1 Å². The molecule has 15 heavy (non-hydrogen) atoms. The summed E-state index contributed by atoms with van der Waals surface area (Å²) in [4.78, 5) is 12.5. The molecule has 5 nitrogen and oxygen atoms in total. The van der Waals surface area contributed by atoms with Gasteiger partial charge in [-0.25, -0.2) is 4.79 Å². The molecule has 1 aliphatic carbocycles. The molecule has 0 aromatic heterocycles. The minimum absolute atomic E-state index is 0.0829. The first-order valence-corrected chi connectivity index (χ1v) is 5.04. The maximum atomic E-state index is 11.2. The third-order valence-corrected chi connectivity index (χ3v) is 3.00. The Hall–Kier alpha value is -0.810. The highest BCUT2D eigenvalue weighted by Crippen LogP contribution is 2.50. The molecule has 0 saturated heterocycles. The van der Waals surface area contributed by atoms with Crippen LogP contribution >= 0.6 is 0 Å². The van der Waals surface area contributed by atoms with E-state index in [0.29, 0.717) is 6.42 Å². The summed E-state index contributed by atoms with van der Waals surface area (Å²) >= 11 is 0. The predicted octanol–water partition coefficient (Wildman–Crippen LogP) is 0.508. The van der Waals surface area contributed by atoms with Crippen molar-refractivity contribution < 1.29 is 20.1 Å². The van der Waals surface area contributed by atoms with Crippen LogP contribution in [0.5, 0.6) is 0 Å². The van der Waals surface area contributed by atoms with Gasteiger partial charge in [0.25, 0.3) is 0 Å². The van der Waals surface area contributed by atoms with Gasteiger partial charge in [0, 0.05) is 18.1 Å². The molecule has 0 aliphatic heterocycles. The van der Waals surface area contributed by atoms with Gasteiger partial charge >= 0.3 is 6.09 Å². The van der Waals surface area contributed by atoms with Gasteiger partial charge in [-0.1, -0.05) is 0 Å². The second kappa shape index (κ2) is 3.64. The van der Waals surface area contributed by atoms with Crippen molar-refractivity contribution in [3.05, 3.63) is 0 Å². The van der Waals surface area contributed by atoms with Crippen molar-refractivity contribution in [2.45, 2.75) is 38.3 Å². The second-order valence-electron chi connectivity index (χ2n) is 5.13. The molecular formula is C10H19NO4. The van der Waals surface area contributed by atoms with Crippen LogP contribution in [-0.4, -0.2) is 50.6 Å². The van der Waals surface area contributed by atoms with E-state index in [1.807, 2.05) is 0 Å². The van der Waals surface area contributed by atoms with Gasteiger partial charge in [-0.3, -0.25) is 4.90 Å². The second-order valence-corrected chi connectivity index (χ2v) is 5.13. The van der Waals surface area contributed by atoms with Gasteiger partial charge in [0.15, 0.2) is 0 Å². The molecule has 1 fully saturated rings. The van der Waals surface area contributed by atoms with E-state index in [4.69, 9.17) is 10.2 Å². The van der Waals surface area contributed by atoms with Gasteiger partial charge in [0.05, 0.1) is 12.1 Å². The smallest absolute Gasteiger partial charge is 0.408 e. The predicted molar refractivity (Wildman–Crippen MR) is 54.6 cm³/mol. The van der Waals surface area contributed by atoms with E-state index < -0.39 is 17.2 Å². The lowest BCUT2D eigenvalue weighted by Gasteiger charge is -2.40. The van der Waals surface area contributed by atoms with Crippen LogP contribution < -0.4 is 0 Å². The zero-order valence-corrected chi connectivity index (χ0v) is 9.40. The van der Waals surface area contributed by atoms with Crippen molar-refractivity contribution in [3.8, 4) is 0 Å². The van der Waals surface area contributed by atoms with Crippen molar-refractivity contribution in [2.24, 2.45) is 5.92 Å². The molecule has 5 heteroatoms. The molecular weight excluding hydrogens is 198 g/mol. The van der Waals surface area contributed by atoms with Crippen LogP contribution in [0.2, 0.25) is 0 Å². The first-order valence-electron chi connectivity index (χ1n) is 5.04. The Balaban J connectivity index is 2.95. The van der Waals surface area contributed by atoms with E-state index in [2.05, 4.69) is 0 Å². The highest BCUT2D eigenvalue weighted by molar-refractivity contribution is 5.68. The van der Waals surface area contributed by atoms with Gasteiger partial charge in [0.2, 0.25) is 0 Å². The number of hydrogen-bond donors (Lipinski definition) is 3. The van der Waals surface area contributed by atoms with E-state index >= 15 is 0 Å². The Morgan fingerprint density at radius 3 is 2.20 bits per heavy atom. The van der Waals surface area contributed by atoms with Crippen LogP contribution in [0.1, 0.15) is 27.2 Å². The van der Waals surface area contributed by atoms with E-state index in [1.165, 1.54) is 4.90 Å². The average Bonchev–Trinajstić information content (AvgIpc) is 2.76. The van der Waals surface area contributed by atoms with Crippen LogP contribution in [0.25, 0.3) is 0 Å². The Morgan fingerprint density at radius 2 is 2.00 bits per heavy atom. The maximum absolute atomic E-state index is 11.2. The standard InChI is InChI=1S/C10H19NO4/c1-9(2,3)11(8(14)15)10(6-13)4-7(10)5-12/h7,12-13H,4-6H2,1-3H3,(H,14,15)/t7-,10+/m1/s1. The number of hydrogen-bond acceptors (Lipinski definition) is 3. The van der Waals surface area contributed by atoms with Crippen LogP contribution in [0.4, 0.5) is 4.79 Å². The number of aliphatic hydroxyl groups excluding tert-OH is 2. The Kier molecular flexibility index (Phi) is 2.98. The number of carboxylic acid groups (broad SMARTS) is 1. The van der Waals surface area contributed by atoms with Crippen LogP contribution in [-0.2, 0) is 0 Å². The fourth-order valence-electron chi connectivity index (χ4n) is 2.29. The van der Waals surface area contributed by atoms with Gasteiger partial charge in [0.1, 0.15) is 0 Å². The minimum atomic E-state index is -1.05. The zero-order chi connectivity index (χ0) is 11.9. The number of carbonyl (C=O) groups is 1. The normalized spacial score (nSPS) is 30.1. The fourth-order valence-corrected chi connectivity index (χ4v) is 2.29. The number of aliphatic hydroxyl groups is 2. The third-order valence-electron chi connectivity index (χ3n) is 3.00. The van der Waals surface area contributed by atoms with Gasteiger partial charge in [-0.15, -0.1) is 0 Å². The molecule has 0 spiro atoms. The van der Waals surface area contributed by atoms with Crippen molar-refractivity contribution >= 4 is 6.09 Å². The molecule has 88 valence electrons. The number of nitrogens with zero attached hydrogens (tertiary/aromatic N) is 1. The summed E-state index contributed by atoms with van der Waals surface area (Å²) in [6, 6.07) is 0. The van der Waals surface area contributed by atoms with Crippen molar-refractivity contribution in [1.29, 1.82) is 0 Å².